The predicted octanol–water partition coefficient (Wildman–Crippen LogP) is 0.830. The van der Waals surface area contributed by atoms with Crippen molar-refractivity contribution >= 4 is 17.7 Å². The van der Waals surface area contributed by atoms with Crippen LogP contribution in [0.2, 0.25) is 0 Å². The predicted molar refractivity (Wildman–Crippen MR) is 75.6 cm³/mol. The molecule has 1 fully saturated rings. The molecule has 6 nitrogen and oxygen atoms in total. The fourth-order valence-corrected chi connectivity index (χ4v) is 2.20. The largest absolute Gasteiger partial charge is 0.453 e. The molecule has 0 aromatic heterocycles. The summed E-state index contributed by atoms with van der Waals surface area (Å²) in [5.41, 5.74) is 0.941. The lowest BCUT2D eigenvalue weighted by molar-refractivity contribution is -0.130. The van der Waals surface area contributed by atoms with Crippen LogP contribution in [0.15, 0.2) is 24.3 Å². The SMILES string of the molecule is COC(=O)NCC(=O)N1CCN(c2ccc(F)cc2)CC1. The molecule has 114 valence electrons. The summed E-state index contributed by atoms with van der Waals surface area (Å²) in [6.45, 7) is 2.42. The molecule has 21 heavy (non-hydrogen) atoms. The molecule has 0 aliphatic carbocycles. The summed E-state index contributed by atoms with van der Waals surface area (Å²) in [5, 5.41) is 2.37. The zero-order valence-electron chi connectivity index (χ0n) is 11.8. The maximum atomic E-state index is 12.9. The van der Waals surface area contributed by atoms with E-state index in [2.05, 4.69) is 15.0 Å². The van der Waals surface area contributed by atoms with E-state index in [1.807, 2.05) is 0 Å². The van der Waals surface area contributed by atoms with Gasteiger partial charge in [-0.1, -0.05) is 0 Å². The molecule has 7 heteroatoms. The van der Waals surface area contributed by atoms with Gasteiger partial charge in [0.2, 0.25) is 5.91 Å². The third-order valence-corrected chi connectivity index (χ3v) is 3.39. The van der Waals surface area contributed by atoms with Crippen molar-refractivity contribution in [2.45, 2.75) is 0 Å². The van der Waals surface area contributed by atoms with E-state index in [0.717, 1.165) is 5.69 Å². The molecule has 1 saturated heterocycles. The summed E-state index contributed by atoms with van der Waals surface area (Å²) in [6.07, 6.45) is -0.617. The molecule has 2 rings (SSSR count). The number of ether oxygens (including phenoxy) is 1. The van der Waals surface area contributed by atoms with Crippen molar-refractivity contribution in [2.24, 2.45) is 0 Å². The van der Waals surface area contributed by atoms with Crippen molar-refractivity contribution in [3.63, 3.8) is 0 Å². The van der Waals surface area contributed by atoms with Crippen molar-refractivity contribution in [3.05, 3.63) is 30.1 Å². The molecule has 1 heterocycles. The number of nitrogens with zero attached hydrogens (tertiary/aromatic N) is 2. The zero-order valence-corrected chi connectivity index (χ0v) is 11.8. The Morgan fingerprint density at radius 1 is 1.19 bits per heavy atom. The number of benzene rings is 1. The quantitative estimate of drug-likeness (QED) is 0.897. The fourth-order valence-electron chi connectivity index (χ4n) is 2.20. The second-order valence-electron chi connectivity index (χ2n) is 4.69. The first-order valence-electron chi connectivity index (χ1n) is 6.70. The summed E-state index contributed by atoms with van der Waals surface area (Å²) < 4.78 is 17.3. The maximum Gasteiger partial charge on any atom is 0.407 e. The molecular weight excluding hydrogens is 277 g/mol. The first kappa shape index (κ1) is 15.1. The average molecular weight is 295 g/mol. The van der Waals surface area contributed by atoms with Crippen LogP contribution in [0.5, 0.6) is 0 Å². The zero-order chi connectivity index (χ0) is 15.2. The molecule has 1 aliphatic rings. The van der Waals surface area contributed by atoms with E-state index in [1.165, 1.54) is 19.2 Å². The summed E-state index contributed by atoms with van der Waals surface area (Å²) in [7, 11) is 1.25. The summed E-state index contributed by atoms with van der Waals surface area (Å²) >= 11 is 0. The van der Waals surface area contributed by atoms with Crippen LogP contribution < -0.4 is 10.2 Å². The number of hydrogen-bond donors (Lipinski definition) is 1. The number of halogens is 1. The highest BCUT2D eigenvalue weighted by molar-refractivity contribution is 5.82. The fraction of sp³-hybridized carbons (Fsp3) is 0.429. The molecule has 0 radical (unpaired) electrons. The Labute approximate surface area is 122 Å². The number of piperazine rings is 1. The number of hydrogen-bond acceptors (Lipinski definition) is 4. The Hall–Kier alpha value is -2.31. The number of anilines is 1. The Balaban J connectivity index is 1.81. The van der Waals surface area contributed by atoms with Gasteiger partial charge in [-0.2, -0.15) is 0 Å². The topological polar surface area (TPSA) is 61.9 Å². The molecule has 0 saturated carbocycles. The minimum absolute atomic E-state index is 0.0662. The van der Waals surface area contributed by atoms with E-state index >= 15 is 0 Å². The monoisotopic (exact) mass is 295 g/mol. The lowest BCUT2D eigenvalue weighted by Crippen LogP contribution is -2.51. The Morgan fingerprint density at radius 3 is 2.38 bits per heavy atom. The van der Waals surface area contributed by atoms with Crippen LogP contribution in [0.3, 0.4) is 0 Å². The van der Waals surface area contributed by atoms with Gasteiger partial charge in [-0.15, -0.1) is 0 Å². The van der Waals surface area contributed by atoms with Gasteiger partial charge < -0.3 is 19.9 Å². The molecule has 0 bridgehead atoms. The number of rotatable bonds is 3. The lowest BCUT2D eigenvalue weighted by atomic mass is 10.2. The van der Waals surface area contributed by atoms with Crippen LogP contribution in [0.4, 0.5) is 14.9 Å². The molecule has 0 spiro atoms. The van der Waals surface area contributed by atoms with Gasteiger partial charge in [-0.25, -0.2) is 9.18 Å². The molecule has 1 aromatic rings. The van der Waals surface area contributed by atoms with Crippen molar-refractivity contribution in [3.8, 4) is 0 Å². The van der Waals surface area contributed by atoms with Crippen molar-refractivity contribution in [1.29, 1.82) is 0 Å². The van der Waals surface area contributed by atoms with E-state index < -0.39 is 6.09 Å². The van der Waals surface area contributed by atoms with E-state index in [1.54, 1.807) is 17.0 Å². The van der Waals surface area contributed by atoms with Crippen LogP contribution in [0.1, 0.15) is 0 Å². The van der Waals surface area contributed by atoms with Crippen molar-refractivity contribution < 1.29 is 18.7 Å². The Morgan fingerprint density at radius 2 is 1.81 bits per heavy atom. The molecule has 1 aliphatic heterocycles. The number of carbonyl (C=O) groups is 2. The highest BCUT2D eigenvalue weighted by Gasteiger charge is 2.21. The van der Waals surface area contributed by atoms with E-state index in [-0.39, 0.29) is 18.3 Å². The number of carbonyl (C=O) groups excluding carboxylic acids is 2. The molecule has 0 unspecified atom stereocenters. The van der Waals surface area contributed by atoms with Crippen LogP contribution in [0, 0.1) is 5.82 Å². The van der Waals surface area contributed by atoms with Gasteiger partial charge in [0.15, 0.2) is 0 Å². The van der Waals surface area contributed by atoms with Gasteiger partial charge >= 0.3 is 6.09 Å². The smallest absolute Gasteiger partial charge is 0.407 e. The van der Waals surface area contributed by atoms with E-state index in [0.29, 0.717) is 26.2 Å². The van der Waals surface area contributed by atoms with E-state index in [9.17, 15) is 14.0 Å². The third kappa shape index (κ3) is 4.08. The van der Waals surface area contributed by atoms with Gasteiger partial charge in [0, 0.05) is 31.9 Å². The first-order valence-corrected chi connectivity index (χ1v) is 6.70. The first-order chi connectivity index (χ1) is 10.1. The average Bonchev–Trinajstić information content (AvgIpc) is 2.53. The standard InChI is InChI=1S/C14H18FN3O3/c1-21-14(20)16-10-13(19)18-8-6-17(7-9-18)12-4-2-11(15)3-5-12/h2-5H,6-10H2,1H3,(H,16,20). The van der Waals surface area contributed by atoms with Crippen molar-refractivity contribution in [1.82, 2.24) is 10.2 Å². The summed E-state index contributed by atoms with van der Waals surface area (Å²) in [5.74, 6) is -0.402. The summed E-state index contributed by atoms with van der Waals surface area (Å²) in [4.78, 5) is 26.6. The normalized spacial score (nSPS) is 14.8. The third-order valence-electron chi connectivity index (χ3n) is 3.39. The molecule has 1 aromatic carbocycles. The number of methoxy groups -OCH3 is 1. The number of amides is 2. The molecule has 0 atom stereocenters. The molecule has 2 amide bonds. The maximum absolute atomic E-state index is 12.9. The number of alkyl carbamates (subject to hydrolysis) is 1. The highest BCUT2D eigenvalue weighted by atomic mass is 19.1. The van der Waals surface area contributed by atoms with Crippen molar-refractivity contribution in [2.75, 3.05) is 44.7 Å². The van der Waals surface area contributed by atoms with Gasteiger partial charge in [0.05, 0.1) is 7.11 Å². The minimum atomic E-state index is -0.617. The lowest BCUT2D eigenvalue weighted by Gasteiger charge is -2.36. The van der Waals surface area contributed by atoms with Gasteiger partial charge in [-0.3, -0.25) is 4.79 Å². The van der Waals surface area contributed by atoms with Crippen LogP contribution in [-0.2, 0) is 9.53 Å². The van der Waals surface area contributed by atoms with Gasteiger partial charge in [-0.05, 0) is 24.3 Å². The van der Waals surface area contributed by atoms with Crippen LogP contribution in [-0.4, -0.2) is 56.7 Å². The second kappa shape index (κ2) is 6.92. The van der Waals surface area contributed by atoms with Gasteiger partial charge in [0.25, 0.3) is 0 Å². The molecular formula is C14H18FN3O3. The Bertz CT molecular complexity index is 499. The minimum Gasteiger partial charge on any atom is -0.453 e. The highest BCUT2D eigenvalue weighted by Crippen LogP contribution is 2.16. The Kier molecular flexibility index (Phi) is 4.97. The second-order valence-corrected chi connectivity index (χ2v) is 4.69. The van der Waals surface area contributed by atoms with Crippen LogP contribution in [0.25, 0.3) is 0 Å². The number of nitrogens with one attached hydrogen (secondary N) is 1. The van der Waals surface area contributed by atoms with E-state index in [4.69, 9.17) is 0 Å². The van der Waals surface area contributed by atoms with Crippen LogP contribution >= 0.6 is 0 Å². The van der Waals surface area contributed by atoms with Gasteiger partial charge in [0.1, 0.15) is 12.4 Å². The molecule has 1 N–H and O–H groups in total. The summed E-state index contributed by atoms with van der Waals surface area (Å²) in [6, 6.07) is 6.30.